The summed E-state index contributed by atoms with van der Waals surface area (Å²) in [6, 6.07) is 7.11. The van der Waals surface area contributed by atoms with Crippen LogP contribution in [0.15, 0.2) is 35.4 Å². The number of nitrogens with one attached hydrogen (secondary N) is 1. The Morgan fingerprint density at radius 1 is 1.19 bits per heavy atom. The number of hydrogen-bond donors (Lipinski definition) is 2. The van der Waals surface area contributed by atoms with Gasteiger partial charge in [0.15, 0.2) is 20.4 Å². The van der Waals surface area contributed by atoms with E-state index in [1.54, 1.807) is 17.4 Å². The van der Waals surface area contributed by atoms with Crippen molar-refractivity contribution in [2.75, 3.05) is 31.2 Å². The van der Waals surface area contributed by atoms with Crippen molar-refractivity contribution < 1.29 is 28.0 Å². The fourth-order valence-corrected chi connectivity index (χ4v) is 7.88. The first-order valence-corrected chi connectivity index (χ1v) is 14.7. The lowest BCUT2D eigenvalue weighted by molar-refractivity contribution is -0.134. The molecule has 2 aromatic heterocycles. The zero-order valence-electron chi connectivity index (χ0n) is 20.4. The van der Waals surface area contributed by atoms with Crippen LogP contribution >= 0.6 is 11.3 Å². The number of unbranched alkanes of at least 4 members (excludes halogenated alkanes) is 1. The van der Waals surface area contributed by atoms with Crippen molar-refractivity contribution in [2.45, 2.75) is 61.5 Å². The molecular weight excluding hydrogens is 502 g/mol. The number of carbonyl (C=O) groups excluding carboxylic acids is 2. The molecule has 2 saturated heterocycles. The van der Waals surface area contributed by atoms with Gasteiger partial charge in [-0.2, -0.15) is 0 Å². The smallest absolute Gasteiger partial charge is 0.265 e. The molecule has 0 radical (unpaired) electrons. The van der Waals surface area contributed by atoms with E-state index < -0.39 is 20.5 Å². The van der Waals surface area contributed by atoms with Gasteiger partial charge in [0, 0.05) is 43.3 Å². The SMILES string of the molecule is CCCCc1ccc(C(=O)C2CCN(c3ccc(S(=O)(=O)C4(C(=O)NO)CCOCC4)cn3)CC2)s1. The number of hydrogen-bond acceptors (Lipinski definition) is 9. The lowest BCUT2D eigenvalue weighted by Gasteiger charge is -2.34. The molecule has 196 valence electrons. The first-order chi connectivity index (χ1) is 17.3. The third-order valence-corrected chi connectivity index (χ3v) is 10.9. The average molecular weight is 536 g/mol. The minimum atomic E-state index is -4.11. The molecule has 2 aliphatic heterocycles. The molecule has 0 aromatic carbocycles. The van der Waals surface area contributed by atoms with Gasteiger partial charge in [0.1, 0.15) is 5.82 Å². The van der Waals surface area contributed by atoms with Gasteiger partial charge in [-0.1, -0.05) is 13.3 Å². The fourth-order valence-electron chi connectivity index (χ4n) is 4.93. The summed E-state index contributed by atoms with van der Waals surface area (Å²) >= 11 is 1.61. The molecule has 0 spiro atoms. The molecule has 2 fully saturated rings. The Kier molecular flexibility index (Phi) is 8.44. The highest BCUT2D eigenvalue weighted by Gasteiger charge is 2.52. The van der Waals surface area contributed by atoms with Crippen LogP contribution in [0.1, 0.15) is 60.0 Å². The summed E-state index contributed by atoms with van der Waals surface area (Å²) in [6.07, 6.45) is 5.88. The van der Waals surface area contributed by atoms with E-state index in [1.165, 1.54) is 22.6 Å². The number of piperidine rings is 1. The van der Waals surface area contributed by atoms with Crippen LogP contribution in [-0.4, -0.2) is 61.3 Å². The van der Waals surface area contributed by atoms with E-state index >= 15 is 0 Å². The molecule has 0 bridgehead atoms. The van der Waals surface area contributed by atoms with Gasteiger partial charge in [-0.3, -0.25) is 14.8 Å². The Balaban J connectivity index is 1.41. The van der Waals surface area contributed by atoms with E-state index in [2.05, 4.69) is 18.0 Å². The second-order valence-electron chi connectivity index (χ2n) is 9.40. The normalized spacial score (nSPS) is 18.7. The molecule has 0 aliphatic carbocycles. The molecule has 2 aliphatic rings. The van der Waals surface area contributed by atoms with Gasteiger partial charge >= 0.3 is 0 Å². The van der Waals surface area contributed by atoms with Gasteiger partial charge in [-0.15, -0.1) is 11.3 Å². The van der Waals surface area contributed by atoms with E-state index in [0.29, 0.717) is 31.7 Å². The monoisotopic (exact) mass is 535 g/mol. The largest absolute Gasteiger partial charge is 0.381 e. The summed E-state index contributed by atoms with van der Waals surface area (Å²) < 4.78 is 30.2. The molecule has 4 rings (SSSR count). The second-order valence-corrected chi connectivity index (χ2v) is 12.8. The minimum Gasteiger partial charge on any atom is -0.381 e. The molecule has 36 heavy (non-hydrogen) atoms. The number of pyridine rings is 1. The van der Waals surface area contributed by atoms with Crippen LogP contribution in [-0.2, 0) is 25.8 Å². The van der Waals surface area contributed by atoms with Gasteiger partial charge < -0.3 is 9.64 Å². The summed E-state index contributed by atoms with van der Waals surface area (Å²) in [7, 11) is -4.11. The summed E-state index contributed by atoms with van der Waals surface area (Å²) in [4.78, 5) is 33.9. The minimum absolute atomic E-state index is 0.0241. The molecule has 2 N–H and O–H groups in total. The van der Waals surface area contributed by atoms with E-state index in [1.807, 2.05) is 11.0 Å². The maximum absolute atomic E-state index is 13.4. The van der Waals surface area contributed by atoms with Crippen LogP contribution in [0, 0.1) is 5.92 Å². The van der Waals surface area contributed by atoms with Crippen molar-refractivity contribution in [3.05, 3.63) is 40.2 Å². The van der Waals surface area contributed by atoms with Gasteiger partial charge in [-0.25, -0.2) is 18.9 Å². The van der Waals surface area contributed by atoms with Crippen LogP contribution in [0.3, 0.4) is 0 Å². The number of carbonyl (C=O) groups is 2. The molecule has 0 atom stereocenters. The number of thiophene rings is 1. The maximum Gasteiger partial charge on any atom is 0.265 e. The summed E-state index contributed by atoms with van der Waals surface area (Å²) in [5, 5.41) is 9.19. The lowest BCUT2D eigenvalue weighted by atomic mass is 9.92. The van der Waals surface area contributed by atoms with Crippen molar-refractivity contribution >= 4 is 38.7 Å². The fraction of sp³-hybridized carbons (Fsp3) is 0.560. The number of ketones is 1. The van der Waals surface area contributed by atoms with Gasteiger partial charge in [0.2, 0.25) is 0 Å². The first kappa shape index (κ1) is 26.7. The predicted octanol–water partition coefficient (Wildman–Crippen LogP) is 3.41. The predicted molar refractivity (Wildman–Crippen MR) is 136 cm³/mol. The van der Waals surface area contributed by atoms with Crippen molar-refractivity contribution in [2.24, 2.45) is 5.92 Å². The van der Waals surface area contributed by atoms with Crippen LogP contribution in [0.4, 0.5) is 5.82 Å². The number of aromatic nitrogens is 1. The zero-order valence-corrected chi connectivity index (χ0v) is 22.1. The Morgan fingerprint density at radius 3 is 2.53 bits per heavy atom. The number of amides is 1. The number of Topliss-reactive ketones (excluding diaryl/α,β-unsaturated/α-hetero) is 1. The third kappa shape index (κ3) is 5.20. The number of nitrogens with zero attached hydrogens (tertiary/aromatic N) is 2. The van der Waals surface area contributed by atoms with Crippen LogP contribution < -0.4 is 10.4 Å². The van der Waals surface area contributed by atoms with E-state index in [9.17, 15) is 23.2 Å². The highest BCUT2D eigenvalue weighted by atomic mass is 32.2. The molecule has 0 saturated carbocycles. The topological polar surface area (TPSA) is 126 Å². The molecule has 4 heterocycles. The van der Waals surface area contributed by atoms with Crippen LogP contribution in [0.25, 0.3) is 0 Å². The Labute approximate surface area is 215 Å². The van der Waals surface area contributed by atoms with Crippen molar-refractivity contribution in [1.82, 2.24) is 10.5 Å². The van der Waals surface area contributed by atoms with Crippen LogP contribution in [0.2, 0.25) is 0 Å². The average Bonchev–Trinajstić information content (AvgIpc) is 3.40. The molecule has 2 aromatic rings. The van der Waals surface area contributed by atoms with Gasteiger partial charge in [0.25, 0.3) is 5.91 Å². The van der Waals surface area contributed by atoms with Crippen LogP contribution in [0.5, 0.6) is 0 Å². The number of ether oxygens (including phenoxy) is 1. The number of anilines is 1. The number of aryl methyl sites for hydroxylation is 1. The number of hydroxylamine groups is 1. The van der Waals surface area contributed by atoms with Gasteiger partial charge in [0.05, 0.1) is 9.77 Å². The summed E-state index contributed by atoms with van der Waals surface area (Å²) in [5.41, 5.74) is 1.52. The zero-order chi connectivity index (χ0) is 25.8. The quantitative estimate of drug-likeness (QED) is 0.284. The molecule has 0 unspecified atom stereocenters. The van der Waals surface area contributed by atoms with E-state index in [4.69, 9.17) is 4.74 Å². The highest BCUT2D eigenvalue weighted by Crippen LogP contribution is 2.36. The highest BCUT2D eigenvalue weighted by molar-refractivity contribution is 7.93. The maximum atomic E-state index is 13.4. The van der Waals surface area contributed by atoms with Crippen molar-refractivity contribution in [3.8, 4) is 0 Å². The molecule has 9 nitrogen and oxygen atoms in total. The Bertz CT molecular complexity index is 1160. The van der Waals surface area contributed by atoms with E-state index in [0.717, 1.165) is 24.1 Å². The second kappa shape index (κ2) is 11.4. The standard InChI is InChI=1S/C25H33N3O6S2/c1-2-3-4-19-5-7-21(35-19)23(29)18-9-13-28(14-10-18)22-8-6-20(17-26-22)36(32,33)25(24(30)27-31)11-15-34-16-12-25/h5-8,17-18,31H,2-4,9-16H2,1H3,(H,27,30). The summed E-state index contributed by atoms with van der Waals surface area (Å²) in [6.45, 7) is 3.68. The number of rotatable bonds is 9. The van der Waals surface area contributed by atoms with Crippen molar-refractivity contribution in [3.63, 3.8) is 0 Å². The molecule has 1 amide bonds. The van der Waals surface area contributed by atoms with E-state index in [-0.39, 0.29) is 42.7 Å². The van der Waals surface area contributed by atoms with Crippen molar-refractivity contribution in [1.29, 1.82) is 0 Å². The molecular formula is C25H33N3O6S2. The third-order valence-electron chi connectivity index (χ3n) is 7.23. The summed E-state index contributed by atoms with van der Waals surface area (Å²) in [5.74, 6) is -0.139. The lowest BCUT2D eigenvalue weighted by Crippen LogP contribution is -2.54. The van der Waals surface area contributed by atoms with Gasteiger partial charge in [-0.05, 0) is 62.8 Å². The first-order valence-electron chi connectivity index (χ1n) is 12.4. The Morgan fingerprint density at radius 2 is 1.92 bits per heavy atom. The molecule has 11 heteroatoms. The number of sulfone groups is 1. The Hall–Kier alpha value is -2.34.